The van der Waals surface area contributed by atoms with Crippen molar-refractivity contribution in [3.63, 3.8) is 0 Å². The van der Waals surface area contributed by atoms with Gasteiger partial charge < -0.3 is 9.15 Å². The monoisotopic (exact) mass is 400 g/mol. The van der Waals surface area contributed by atoms with Crippen molar-refractivity contribution in [2.24, 2.45) is 0 Å². The first-order chi connectivity index (χ1) is 13.3. The number of aromatic nitrogens is 2. The zero-order valence-electron chi connectivity index (χ0n) is 15.7. The van der Waals surface area contributed by atoms with E-state index in [1.165, 1.54) is 19.1 Å². The Balaban J connectivity index is 1.80. The molecule has 0 aliphatic heterocycles. The highest BCUT2D eigenvalue weighted by Gasteiger charge is 2.25. The number of rotatable bonds is 6. The molecular weight excluding hydrogens is 380 g/mol. The van der Waals surface area contributed by atoms with Gasteiger partial charge in [0.25, 0.3) is 5.89 Å². The zero-order chi connectivity index (χ0) is 20.3. The Morgan fingerprint density at radius 3 is 2.46 bits per heavy atom. The largest absolute Gasteiger partial charge is 0.449 e. The number of hydrogen-bond donors (Lipinski definition) is 0. The molecule has 0 N–H and O–H groups in total. The highest BCUT2D eigenvalue weighted by Crippen LogP contribution is 2.25. The molecule has 8 heteroatoms. The van der Waals surface area contributed by atoms with Gasteiger partial charge in [-0.1, -0.05) is 36.8 Å². The Labute approximate surface area is 163 Å². The highest BCUT2D eigenvalue weighted by molar-refractivity contribution is 7.91. The van der Waals surface area contributed by atoms with Gasteiger partial charge in [0.15, 0.2) is 15.9 Å². The lowest BCUT2D eigenvalue weighted by molar-refractivity contribution is 0.0275. The first-order valence-corrected chi connectivity index (χ1v) is 10.4. The van der Waals surface area contributed by atoms with E-state index in [2.05, 4.69) is 10.2 Å². The molecule has 0 saturated heterocycles. The predicted octanol–water partition coefficient (Wildman–Crippen LogP) is 3.76. The predicted molar refractivity (Wildman–Crippen MR) is 102 cm³/mol. The van der Waals surface area contributed by atoms with Crippen LogP contribution in [-0.4, -0.2) is 30.3 Å². The number of benzene rings is 2. The van der Waals surface area contributed by atoms with E-state index >= 15 is 0 Å². The Morgan fingerprint density at radius 1 is 1.11 bits per heavy atom. The third-order valence-electron chi connectivity index (χ3n) is 4.19. The van der Waals surface area contributed by atoms with Crippen LogP contribution in [-0.2, 0) is 14.6 Å². The molecule has 0 spiro atoms. The van der Waals surface area contributed by atoms with Crippen LogP contribution >= 0.6 is 0 Å². The highest BCUT2D eigenvalue weighted by atomic mass is 32.2. The molecule has 0 aliphatic carbocycles. The zero-order valence-corrected chi connectivity index (χ0v) is 16.6. The fourth-order valence-corrected chi connectivity index (χ4v) is 3.63. The summed E-state index contributed by atoms with van der Waals surface area (Å²) < 4.78 is 35.4. The molecule has 1 atom stereocenters. The van der Waals surface area contributed by atoms with Crippen LogP contribution in [0.1, 0.15) is 41.8 Å². The second-order valence-electron chi connectivity index (χ2n) is 6.26. The van der Waals surface area contributed by atoms with Crippen molar-refractivity contribution in [3.8, 4) is 11.5 Å². The Bertz CT molecular complexity index is 1090. The van der Waals surface area contributed by atoms with Crippen molar-refractivity contribution >= 4 is 15.8 Å². The molecular formula is C20H20N2O5S. The number of hydrogen-bond acceptors (Lipinski definition) is 7. The molecule has 2 aromatic carbocycles. The maximum Gasteiger partial charge on any atom is 0.340 e. The van der Waals surface area contributed by atoms with Gasteiger partial charge >= 0.3 is 5.97 Å². The number of aryl methyl sites for hydroxylation is 1. The van der Waals surface area contributed by atoms with E-state index in [0.29, 0.717) is 5.89 Å². The second-order valence-corrected chi connectivity index (χ2v) is 8.51. The van der Waals surface area contributed by atoms with E-state index in [-0.39, 0.29) is 22.1 Å². The molecule has 1 aromatic heterocycles. The fraction of sp³-hybridized carbons (Fsp3) is 0.250. The first kappa shape index (κ1) is 19.8. The lowest BCUT2D eigenvalue weighted by Gasteiger charge is -2.12. The van der Waals surface area contributed by atoms with E-state index in [4.69, 9.17) is 9.15 Å². The third kappa shape index (κ3) is 4.12. The van der Waals surface area contributed by atoms with Crippen molar-refractivity contribution in [3.05, 3.63) is 65.5 Å². The molecule has 0 bridgehead atoms. The standard InChI is InChI=1S/C20H20N2O5S/c1-4-28(24,25)17-8-6-5-7-16(17)20(23)26-14(3)18-21-22-19(27-18)15-11-9-13(2)10-12-15/h5-12,14H,4H2,1-3H3/t14-/m0/s1. The van der Waals surface area contributed by atoms with E-state index in [9.17, 15) is 13.2 Å². The quantitative estimate of drug-likeness (QED) is 0.581. The van der Waals surface area contributed by atoms with Crippen LogP contribution in [0.2, 0.25) is 0 Å². The van der Waals surface area contributed by atoms with E-state index in [1.54, 1.807) is 19.1 Å². The molecule has 0 amide bonds. The summed E-state index contributed by atoms with van der Waals surface area (Å²) in [5, 5.41) is 7.92. The number of nitrogens with zero attached hydrogens (tertiary/aromatic N) is 2. The van der Waals surface area contributed by atoms with Crippen LogP contribution in [0.15, 0.2) is 57.8 Å². The molecule has 0 unspecified atom stereocenters. The first-order valence-electron chi connectivity index (χ1n) is 8.75. The van der Waals surface area contributed by atoms with Crippen molar-refractivity contribution in [2.45, 2.75) is 31.8 Å². The van der Waals surface area contributed by atoms with Crippen LogP contribution in [0.25, 0.3) is 11.5 Å². The van der Waals surface area contributed by atoms with Gasteiger partial charge in [-0.05, 0) is 38.1 Å². The Kier molecular flexibility index (Phi) is 5.60. The third-order valence-corrected chi connectivity index (χ3v) is 5.98. The molecule has 0 saturated carbocycles. The average molecular weight is 400 g/mol. The van der Waals surface area contributed by atoms with Crippen LogP contribution in [0.4, 0.5) is 0 Å². The van der Waals surface area contributed by atoms with Crippen molar-refractivity contribution in [1.29, 1.82) is 0 Å². The number of carbonyl (C=O) groups is 1. The molecule has 0 aliphatic rings. The average Bonchev–Trinajstić information content (AvgIpc) is 3.19. The minimum absolute atomic E-state index is 0.0190. The Hall–Kier alpha value is -3.00. The second kappa shape index (κ2) is 7.93. The number of ether oxygens (including phenoxy) is 1. The summed E-state index contributed by atoms with van der Waals surface area (Å²) in [5.74, 6) is -0.446. The molecule has 146 valence electrons. The lowest BCUT2D eigenvalue weighted by atomic mass is 10.1. The fourth-order valence-electron chi connectivity index (χ4n) is 2.55. The minimum Gasteiger partial charge on any atom is -0.449 e. The van der Waals surface area contributed by atoms with Gasteiger partial charge in [0.1, 0.15) is 0 Å². The van der Waals surface area contributed by atoms with Crippen molar-refractivity contribution in [2.75, 3.05) is 5.75 Å². The van der Waals surface area contributed by atoms with Crippen molar-refractivity contribution in [1.82, 2.24) is 10.2 Å². The van der Waals surface area contributed by atoms with Gasteiger partial charge in [-0.15, -0.1) is 10.2 Å². The summed E-state index contributed by atoms with van der Waals surface area (Å²) in [7, 11) is -3.56. The summed E-state index contributed by atoms with van der Waals surface area (Å²) in [6.07, 6.45) is -0.836. The van der Waals surface area contributed by atoms with Gasteiger partial charge in [0.05, 0.1) is 16.2 Å². The topological polar surface area (TPSA) is 99.4 Å². The molecule has 0 fully saturated rings. The molecule has 3 aromatic rings. The van der Waals surface area contributed by atoms with Gasteiger partial charge in [-0.25, -0.2) is 13.2 Å². The van der Waals surface area contributed by atoms with Gasteiger partial charge in [-0.2, -0.15) is 0 Å². The normalized spacial score (nSPS) is 12.5. The van der Waals surface area contributed by atoms with E-state index < -0.39 is 21.9 Å². The molecule has 7 nitrogen and oxygen atoms in total. The number of carbonyl (C=O) groups excluding carboxylic acids is 1. The number of esters is 1. The van der Waals surface area contributed by atoms with Gasteiger partial charge in [-0.3, -0.25) is 0 Å². The van der Waals surface area contributed by atoms with E-state index in [0.717, 1.165) is 11.1 Å². The Morgan fingerprint density at radius 2 is 1.79 bits per heavy atom. The molecule has 0 radical (unpaired) electrons. The van der Waals surface area contributed by atoms with Crippen LogP contribution in [0.3, 0.4) is 0 Å². The summed E-state index contributed by atoms with van der Waals surface area (Å²) in [6.45, 7) is 5.08. The smallest absolute Gasteiger partial charge is 0.340 e. The molecule has 1 heterocycles. The molecule has 28 heavy (non-hydrogen) atoms. The van der Waals surface area contributed by atoms with Crippen LogP contribution in [0, 0.1) is 6.92 Å². The summed E-state index contributed by atoms with van der Waals surface area (Å²) >= 11 is 0. The number of sulfone groups is 1. The lowest BCUT2D eigenvalue weighted by Crippen LogP contribution is -2.15. The van der Waals surface area contributed by atoms with Crippen LogP contribution < -0.4 is 0 Å². The maximum absolute atomic E-state index is 12.5. The van der Waals surface area contributed by atoms with Gasteiger partial charge in [0.2, 0.25) is 5.89 Å². The van der Waals surface area contributed by atoms with Crippen LogP contribution in [0.5, 0.6) is 0 Å². The van der Waals surface area contributed by atoms with E-state index in [1.807, 2.05) is 31.2 Å². The minimum atomic E-state index is -3.56. The summed E-state index contributed by atoms with van der Waals surface area (Å²) in [5.41, 5.74) is 1.84. The molecule has 3 rings (SSSR count). The SMILES string of the molecule is CCS(=O)(=O)c1ccccc1C(=O)O[C@@H](C)c1nnc(-c2ccc(C)cc2)o1. The van der Waals surface area contributed by atoms with Gasteiger partial charge in [0, 0.05) is 5.56 Å². The van der Waals surface area contributed by atoms with Crippen molar-refractivity contribution < 1.29 is 22.4 Å². The maximum atomic E-state index is 12.5. The summed E-state index contributed by atoms with van der Waals surface area (Å²) in [6, 6.07) is 13.5. The summed E-state index contributed by atoms with van der Waals surface area (Å²) in [4.78, 5) is 12.5.